The molecule has 138 valence electrons. The standard InChI is InChI=1S/C21H20ClN3O2/c1-13(2)12-26-18-7-5-15(22)10-14(18)11-16-6-8-19(27-16)21-24-17-4-3-9-23-20(17)25-21/h3-10,13H,11-12H2,1-2H3,(H,23,24,25). The third kappa shape index (κ3) is 3.98. The summed E-state index contributed by atoms with van der Waals surface area (Å²) in [5, 5.41) is 0.678. The number of H-pyrrole nitrogens is 1. The first-order valence-electron chi connectivity index (χ1n) is 8.89. The van der Waals surface area contributed by atoms with Crippen molar-refractivity contribution < 1.29 is 9.15 Å². The number of benzene rings is 1. The minimum absolute atomic E-state index is 0.449. The van der Waals surface area contributed by atoms with Gasteiger partial charge in [0.25, 0.3) is 0 Å². The summed E-state index contributed by atoms with van der Waals surface area (Å²) in [6.07, 6.45) is 2.31. The van der Waals surface area contributed by atoms with Gasteiger partial charge in [-0.15, -0.1) is 0 Å². The number of aromatic nitrogens is 3. The van der Waals surface area contributed by atoms with Gasteiger partial charge in [-0.05, 0) is 48.4 Å². The summed E-state index contributed by atoms with van der Waals surface area (Å²) < 4.78 is 11.9. The van der Waals surface area contributed by atoms with Gasteiger partial charge in [0.1, 0.15) is 11.5 Å². The van der Waals surface area contributed by atoms with Crippen molar-refractivity contribution >= 4 is 22.8 Å². The number of hydrogen-bond acceptors (Lipinski definition) is 4. The molecule has 0 aliphatic rings. The molecule has 0 spiro atoms. The SMILES string of the molecule is CC(C)COc1ccc(Cl)cc1Cc1ccc(-c2nc3ncccc3[nH]2)o1. The van der Waals surface area contributed by atoms with Gasteiger partial charge in [-0.1, -0.05) is 25.4 Å². The van der Waals surface area contributed by atoms with Gasteiger partial charge in [-0.3, -0.25) is 0 Å². The quantitative estimate of drug-likeness (QED) is 0.479. The summed E-state index contributed by atoms with van der Waals surface area (Å²) in [4.78, 5) is 11.9. The van der Waals surface area contributed by atoms with Crippen LogP contribution in [0.25, 0.3) is 22.7 Å². The normalized spacial score (nSPS) is 11.4. The fraction of sp³-hybridized carbons (Fsp3) is 0.238. The molecule has 3 heterocycles. The number of nitrogens with zero attached hydrogens (tertiary/aromatic N) is 2. The molecule has 1 N–H and O–H groups in total. The maximum absolute atomic E-state index is 6.18. The van der Waals surface area contributed by atoms with E-state index < -0.39 is 0 Å². The van der Waals surface area contributed by atoms with Crippen molar-refractivity contribution in [1.82, 2.24) is 15.0 Å². The summed E-state index contributed by atoms with van der Waals surface area (Å²) in [6, 6.07) is 13.3. The fourth-order valence-corrected chi connectivity index (χ4v) is 3.03. The minimum Gasteiger partial charge on any atom is -0.493 e. The molecule has 0 amide bonds. The molecular weight excluding hydrogens is 362 g/mol. The van der Waals surface area contributed by atoms with Gasteiger partial charge < -0.3 is 14.1 Å². The van der Waals surface area contributed by atoms with E-state index in [0.29, 0.717) is 41.2 Å². The van der Waals surface area contributed by atoms with Crippen molar-refractivity contribution in [2.45, 2.75) is 20.3 Å². The van der Waals surface area contributed by atoms with E-state index in [2.05, 4.69) is 28.8 Å². The van der Waals surface area contributed by atoms with Crippen molar-refractivity contribution in [2.75, 3.05) is 6.61 Å². The van der Waals surface area contributed by atoms with E-state index >= 15 is 0 Å². The molecule has 0 bridgehead atoms. The molecule has 0 unspecified atom stereocenters. The highest BCUT2D eigenvalue weighted by Gasteiger charge is 2.13. The average Bonchev–Trinajstić information content (AvgIpc) is 3.27. The van der Waals surface area contributed by atoms with E-state index in [1.165, 1.54) is 0 Å². The number of aromatic amines is 1. The maximum Gasteiger partial charge on any atom is 0.178 e. The lowest BCUT2D eigenvalue weighted by atomic mass is 10.1. The van der Waals surface area contributed by atoms with Crippen LogP contribution in [0, 0.1) is 5.92 Å². The highest BCUT2D eigenvalue weighted by Crippen LogP contribution is 2.28. The number of ether oxygens (including phenoxy) is 1. The Morgan fingerprint density at radius 1 is 1.19 bits per heavy atom. The number of nitrogens with one attached hydrogen (secondary N) is 1. The van der Waals surface area contributed by atoms with E-state index in [4.69, 9.17) is 20.8 Å². The molecule has 0 atom stereocenters. The van der Waals surface area contributed by atoms with Gasteiger partial charge in [0.05, 0.1) is 12.1 Å². The van der Waals surface area contributed by atoms with Crippen molar-refractivity contribution in [1.29, 1.82) is 0 Å². The molecule has 0 saturated carbocycles. The van der Waals surface area contributed by atoms with E-state index in [-0.39, 0.29) is 0 Å². The van der Waals surface area contributed by atoms with E-state index in [1.807, 2.05) is 42.5 Å². The number of hydrogen-bond donors (Lipinski definition) is 1. The maximum atomic E-state index is 6.18. The predicted molar refractivity (Wildman–Crippen MR) is 106 cm³/mol. The summed E-state index contributed by atoms with van der Waals surface area (Å²) in [7, 11) is 0. The van der Waals surface area contributed by atoms with Crippen molar-refractivity contribution in [3.8, 4) is 17.3 Å². The Kier molecular flexibility index (Phi) is 4.86. The predicted octanol–water partition coefficient (Wildman–Crippen LogP) is 5.50. The van der Waals surface area contributed by atoms with E-state index in [9.17, 15) is 0 Å². The Balaban J connectivity index is 1.58. The minimum atomic E-state index is 0.449. The van der Waals surface area contributed by atoms with Crippen molar-refractivity contribution in [3.05, 3.63) is 65.0 Å². The van der Waals surface area contributed by atoms with Crippen LogP contribution in [0.5, 0.6) is 5.75 Å². The molecule has 1 aromatic carbocycles. The first kappa shape index (κ1) is 17.6. The van der Waals surface area contributed by atoms with Crippen LogP contribution < -0.4 is 4.74 Å². The van der Waals surface area contributed by atoms with Crippen LogP contribution in [0.2, 0.25) is 5.02 Å². The third-order valence-corrected chi connectivity index (χ3v) is 4.35. The lowest BCUT2D eigenvalue weighted by Gasteiger charge is -2.13. The van der Waals surface area contributed by atoms with Crippen LogP contribution in [0.4, 0.5) is 0 Å². The summed E-state index contributed by atoms with van der Waals surface area (Å²) >= 11 is 6.18. The Bertz CT molecular complexity index is 1040. The number of halogens is 1. The molecule has 4 aromatic rings. The van der Waals surface area contributed by atoms with Gasteiger partial charge in [0, 0.05) is 23.2 Å². The number of furan rings is 1. The van der Waals surface area contributed by atoms with Crippen molar-refractivity contribution in [2.24, 2.45) is 5.92 Å². The molecule has 5 nitrogen and oxygen atoms in total. The Hall–Kier alpha value is -2.79. The highest BCUT2D eigenvalue weighted by atomic mass is 35.5. The van der Waals surface area contributed by atoms with E-state index in [0.717, 1.165) is 22.6 Å². The Morgan fingerprint density at radius 2 is 2.07 bits per heavy atom. The van der Waals surface area contributed by atoms with Crippen LogP contribution in [-0.2, 0) is 6.42 Å². The largest absolute Gasteiger partial charge is 0.493 e. The number of imidazole rings is 1. The molecule has 3 aromatic heterocycles. The van der Waals surface area contributed by atoms with Gasteiger partial charge >= 0.3 is 0 Å². The zero-order valence-corrected chi connectivity index (χ0v) is 16.0. The zero-order chi connectivity index (χ0) is 18.8. The second-order valence-corrected chi connectivity index (χ2v) is 7.30. The summed E-state index contributed by atoms with van der Waals surface area (Å²) in [5.41, 5.74) is 2.55. The number of pyridine rings is 1. The van der Waals surface area contributed by atoms with Crippen LogP contribution >= 0.6 is 11.6 Å². The van der Waals surface area contributed by atoms with Gasteiger partial charge in [-0.2, -0.15) is 0 Å². The first-order chi connectivity index (χ1) is 13.1. The van der Waals surface area contributed by atoms with Crippen molar-refractivity contribution in [3.63, 3.8) is 0 Å². The molecule has 6 heteroatoms. The molecule has 0 aliphatic heterocycles. The number of rotatable bonds is 6. The van der Waals surface area contributed by atoms with Crippen LogP contribution in [0.1, 0.15) is 25.2 Å². The molecule has 0 saturated heterocycles. The van der Waals surface area contributed by atoms with Crippen LogP contribution in [0.3, 0.4) is 0 Å². The summed E-state index contributed by atoms with van der Waals surface area (Å²) in [5.74, 6) is 3.44. The first-order valence-corrected chi connectivity index (χ1v) is 9.27. The lowest BCUT2D eigenvalue weighted by Crippen LogP contribution is -2.06. The van der Waals surface area contributed by atoms with Crippen LogP contribution in [0.15, 0.2) is 53.1 Å². The fourth-order valence-electron chi connectivity index (χ4n) is 2.83. The van der Waals surface area contributed by atoms with Gasteiger partial charge in [0.15, 0.2) is 17.2 Å². The Labute approximate surface area is 162 Å². The third-order valence-electron chi connectivity index (χ3n) is 4.11. The average molecular weight is 382 g/mol. The van der Waals surface area contributed by atoms with Crippen LogP contribution in [-0.4, -0.2) is 21.6 Å². The zero-order valence-electron chi connectivity index (χ0n) is 15.2. The summed E-state index contributed by atoms with van der Waals surface area (Å²) in [6.45, 7) is 4.90. The molecule has 0 radical (unpaired) electrons. The second-order valence-electron chi connectivity index (χ2n) is 6.86. The molecule has 0 aliphatic carbocycles. The molecule has 0 fully saturated rings. The van der Waals surface area contributed by atoms with Gasteiger partial charge in [-0.25, -0.2) is 9.97 Å². The molecule has 27 heavy (non-hydrogen) atoms. The van der Waals surface area contributed by atoms with Gasteiger partial charge in [0.2, 0.25) is 0 Å². The Morgan fingerprint density at radius 3 is 2.89 bits per heavy atom. The second kappa shape index (κ2) is 7.45. The van der Waals surface area contributed by atoms with E-state index in [1.54, 1.807) is 6.20 Å². The smallest absolute Gasteiger partial charge is 0.178 e. The molecular formula is C21H20ClN3O2. The monoisotopic (exact) mass is 381 g/mol. The number of fused-ring (bicyclic) bond motifs is 1. The highest BCUT2D eigenvalue weighted by molar-refractivity contribution is 6.30. The lowest BCUT2D eigenvalue weighted by molar-refractivity contribution is 0.268. The molecule has 4 rings (SSSR count). The topological polar surface area (TPSA) is 63.9 Å².